The van der Waals surface area contributed by atoms with Gasteiger partial charge in [-0.2, -0.15) is 0 Å². The number of benzene rings is 2. The van der Waals surface area contributed by atoms with Gasteiger partial charge >= 0.3 is 0 Å². The summed E-state index contributed by atoms with van der Waals surface area (Å²) in [5.41, 5.74) is 1.37. The number of amides is 1. The number of hydrogen-bond acceptors (Lipinski definition) is 7. The van der Waals surface area contributed by atoms with Crippen LogP contribution in [0.5, 0.6) is 11.5 Å². The van der Waals surface area contributed by atoms with Gasteiger partial charge < -0.3 is 13.9 Å². The zero-order chi connectivity index (χ0) is 21.1. The molecular weight excluding hydrogens is 420 g/mol. The van der Waals surface area contributed by atoms with Gasteiger partial charge in [0.1, 0.15) is 5.76 Å². The molecule has 2 aromatic heterocycles. The van der Waals surface area contributed by atoms with Crippen molar-refractivity contribution in [2.75, 3.05) is 25.4 Å². The van der Waals surface area contributed by atoms with Gasteiger partial charge in [0.25, 0.3) is 5.91 Å². The van der Waals surface area contributed by atoms with E-state index in [0.29, 0.717) is 28.0 Å². The van der Waals surface area contributed by atoms with E-state index in [4.69, 9.17) is 18.9 Å². The predicted octanol–water partition coefficient (Wildman–Crippen LogP) is 5.48. The number of methoxy groups -OCH3 is 2. The molecule has 0 aliphatic heterocycles. The maximum absolute atomic E-state index is 13.5. The average Bonchev–Trinajstić information content (AvgIpc) is 3.45. The number of fused-ring (bicyclic) bond motifs is 1. The van der Waals surface area contributed by atoms with Gasteiger partial charge in [-0.1, -0.05) is 17.4 Å². The molecule has 0 unspecified atom stereocenters. The third kappa shape index (κ3) is 3.88. The molecule has 2 heterocycles. The maximum atomic E-state index is 13.5. The first-order valence-electron chi connectivity index (χ1n) is 9.14. The Morgan fingerprint density at radius 2 is 1.97 bits per heavy atom. The normalized spacial score (nSPS) is 10.9. The average molecular weight is 441 g/mol. The minimum atomic E-state index is -0.197. The fraction of sp³-hybridized carbons (Fsp3) is 0.182. The van der Waals surface area contributed by atoms with Crippen molar-refractivity contribution in [1.82, 2.24) is 4.98 Å². The van der Waals surface area contributed by atoms with Crippen LogP contribution in [0.15, 0.2) is 64.1 Å². The number of ether oxygens (including phenoxy) is 2. The molecule has 0 atom stereocenters. The number of nitrogens with zero attached hydrogens (tertiary/aromatic N) is 2. The summed E-state index contributed by atoms with van der Waals surface area (Å²) < 4.78 is 17.2. The van der Waals surface area contributed by atoms with Gasteiger partial charge in [-0.3, -0.25) is 9.69 Å². The minimum absolute atomic E-state index is 0.197. The predicted molar refractivity (Wildman–Crippen MR) is 120 cm³/mol. The van der Waals surface area contributed by atoms with Gasteiger partial charge in [0.2, 0.25) is 0 Å². The molecule has 0 radical (unpaired) electrons. The quantitative estimate of drug-likeness (QED) is 0.355. The standard InChI is InChI=1S/C22H20N2O4S2/c1-26-16-10-9-14(12-17(16)27-2)21(25)24(13-15-6-5-11-28-15)22-23-20-18(29-3)7-4-8-19(20)30-22/h4-12H,13H2,1-3H3. The van der Waals surface area contributed by atoms with E-state index < -0.39 is 0 Å². The summed E-state index contributed by atoms with van der Waals surface area (Å²) in [5.74, 6) is 1.54. The number of anilines is 1. The lowest BCUT2D eigenvalue weighted by Gasteiger charge is -2.19. The molecule has 4 rings (SSSR count). The third-order valence-electron chi connectivity index (χ3n) is 4.59. The second-order valence-corrected chi connectivity index (χ2v) is 8.20. The molecule has 4 aromatic rings. The summed E-state index contributed by atoms with van der Waals surface area (Å²) in [5, 5.41) is 0.614. The molecule has 154 valence electrons. The zero-order valence-corrected chi connectivity index (χ0v) is 18.4. The number of rotatable bonds is 7. The van der Waals surface area contributed by atoms with Crippen LogP contribution in [-0.2, 0) is 6.54 Å². The number of furan rings is 1. The molecule has 1 amide bonds. The van der Waals surface area contributed by atoms with Crippen molar-refractivity contribution >= 4 is 44.4 Å². The molecule has 0 aliphatic rings. The van der Waals surface area contributed by atoms with Gasteiger partial charge in [-0.25, -0.2) is 4.98 Å². The lowest BCUT2D eigenvalue weighted by Crippen LogP contribution is -2.30. The highest BCUT2D eigenvalue weighted by atomic mass is 32.2. The van der Waals surface area contributed by atoms with Gasteiger partial charge in [-0.15, -0.1) is 11.8 Å². The fourth-order valence-electron chi connectivity index (χ4n) is 3.10. The summed E-state index contributed by atoms with van der Waals surface area (Å²) in [6, 6.07) is 14.8. The highest BCUT2D eigenvalue weighted by Gasteiger charge is 2.24. The van der Waals surface area contributed by atoms with E-state index >= 15 is 0 Å². The van der Waals surface area contributed by atoms with Crippen LogP contribution in [0.4, 0.5) is 5.13 Å². The molecule has 0 aliphatic carbocycles. The number of aromatic nitrogens is 1. The van der Waals surface area contributed by atoms with Crippen LogP contribution in [0.25, 0.3) is 10.2 Å². The Labute approximate surface area is 182 Å². The molecule has 2 aromatic carbocycles. The van der Waals surface area contributed by atoms with Crippen LogP contribution < -0.4 is 14.4 Å². The Morgan fingerprint density at radius 1 is 1.13 bits per heavy atom. The second-order valence-electron chi connectivity index (χ2n) is 6.34. The number of para-hydroxylation sites is 1. The van der Waals surface area contributed by atoms with Gasteiger partial charge in [0.05, 0.1) is 37.2 Å². The number of thiazole rings is 1. The molecule has 0 N–H and O–H groups in total. The van der Waals surface area contributed by atoms with Crippen molar-refractivity contribution < 1.29 is 18.7 Å². The Balaban J connectivity index is 1.78. The Kier molecular flexibility index (Phi) is 5.96. The van der Waals surface area contributed by atoms with Crippen LogP contribution in [0.1, 0.15) is 16.1 Å². The SMILES string of the molecule is COc1ccc(C(=O)N(Cc2ccco2)c2nc3c(SC)cccc3s2)cc1OC. The fourth-order valence-corrected chi connectivity index (χ4v) is 4.72. The molecule has 0 saturated carbocycles. The summed E-state index contributed by atoms with van der Waals surface area (Å²) >= 11 is 3.11. The Morgan fingerprint density at radius 3 is 2.67 bits per heavy atom. The maximum Gasteiger partial charge on any atom is 0.260 e. The monoisotopic (exact) mass is 440 g/mol. The highest BCUT2D eigenvalue weighted by Crippen LogP contribution is 2.36. The van der Waals surface area contributed by atoms with Crippen LogP contribution in [-0.4, -0.2) is 31.4 Å². The Hall–Kier alpha value is -2.97. The largest absolute Gasteiger partial charge is 0.493 e. The summed E-state index contributed by atoms with van der Waals surface area (Å²) in [4.78, 5) is 21.0. The molecule has 0 spiro atoms. The topological polar surface area (TPSA) is 64.8 Å². The van der Waals surface area contributed by atoms with E-state index in [2.05, 4.69) is 0 Å². The summed E-state index contributed by atoms with van der Waals surface area (Å²) in [7, 11) is 3.11. The number of thioether (sulfide) groups is 1. The minimum Gasteiger partial charge on any atom is -0.493 e. The zero-order valence-electron chi connectivity index (χ0n) is 16.7. The van der Waals surface area contributed by atoms with E-state index in [1.165, 1.54) is 11.3 Å². The van der Waals surface area contributed by atoms with Crippen LogP contribution in [0.3, 0.4) is 0 Å². The lowest BCUT2D eigenvalue weighted by atomic mass is 10.1. The first-order chi connectivity index (χ1) is 14.6. The number of carbonyl (C=O) groups excluding carboxylic acids is 1. The van der Waals surface area contributed by atoms with E-state index in [1.54, 1.807) is 61.4 Å². The van der Waals surface area contributed by atoms with E-state index in [0.717, 1.165) is 15.1 Å². The number of hydrogen-bond donors (Lipinski definition) is 0. The van der Waals surface area contributed by atoms with Crippen molar-refractivity contribution in [3.8, 4) is 11.5 Å². The first-order valence-corrected chi connectivity index (χ1v) is 11.2. The van der Waals surface area contributed by atoms with E-state index in [9.17, 15) is 4.79 Å². The van der Waals surface area contributed by atoms with Crippen molar-refractivity contribution in [1.29, 1.82) is 0 Å². The van der Waals surface area contributed by atoms with Crippen molar-refractivity contribution in [3.63, 3.8) is 0 Å². The van der Waals surface area contributed by atoms with Gasteiger partial charge in [0.15, 0.2) is 16.6 Å². The van der Waals surface area contributed by atoms with Gasteiger partial charge in [-0.05, 0) is 48.7 Å². The van der Waals surface area contributed by atoms with E-state index in [-0.39, 0.29) is 12.5 Å². The molecule has 0 bridgehead atoms. The molecular formula is C22H20N2O4S2. The summed E-state index contributed by atoms with van der Waals surface area (Å²) in [6.07, 6.45) is 3.61. The van der Waals surface area contributed by atoms with E-state index in [1.807, 2.05) is 30.5 Å². The third-order valence-corrected chi connectivity index (χ3v) is 6.40. The van der Waals surface area contributed by atoms with Crippen molar-refractivity contribution in [2.45, 2.75) is 11.4 Å². The molecule has 8 heteroatoms. The van der Waals surface area contributed by atoms with Crippen molar-refractivity contribution in [2.24, 2.45) is 0 Å². The smallest absolute Gasteiger partial charge is 0.260 e. The van der Waals surface area contributed by atoms with Gasteiger partial charge in [0, 0.05) is 10.5 Å². The van der Waals surface area contributed by atoms with Crippen LogP contribution in [0, 0.1) is 0 Å². The van der Waals surface area contributed by atoms with Crippen LogP contribution in [0.2, 0.25) is 0 Å². The van der Waals surface area contributed by atoms with Crippen molar-refractivity contribution in [3.05, 3.63) is 66.1 Å². The van der Waals surface area contributed by atoms with Crippen LogP contribution >= 0.6 is 23.1 Å². The molecule has 0 fully saturated rings. The molecule has 30 heavy (non-hydrogen) atoms. The first kappa shape index (κ1) is 20.3. The second kappa shape index (κ2) is 8.81. The number of carbonyl (C=O) groups is 1. The summed E-state index contributed by atoms with van der Waals surface area (Å²) in [6.45, 7) is 0.272. The molecule has 6 nitrogen and oxygen atoms in total. The lowest BCUT2D eigenvalue weighted by molar-refractivity contribution is 0.0983. The Bertz CT molecular complexity index is 1170. The highest BCUT2D eigenvalue weighted by molar-refractivity contribution is 7.98. The molecule has 0 saturated heterocycles.